The second-order valence-corrected chi connectivity index (χ2v) is 5.66. The van der Waals surface area contributed by atoms with E-state index in [1.54, 1.807) is 11.9 Å². The van der Waals surface area contributed by atoms with E-state index in [0.717, 1.165) is 9.75 Å². The van der Waals surface area contributed by atoms with Crippen LogP contribution in [0, 0.1) is 11.8 Å². The van der Waals surface area contributed by atoms with Gasteiger partial charge in [-0.2, -0.15) is 0 Å². The largest absolute Gasteiger partial charge is 0.395 e. The molecule has 0 saturated carbocycles. The fourth-order valence-electron chi connectivity index (χ4n) is 1.85. The van der Waals surface area contributed by atoms with Crippen molar-refractivity contribution in [1.29, 1.82) is 0 Å². The molecule has 0 radical (unpaired) electrons. The molecule has 106 valence electrons. The van der Waals surface area contributed by atoms with Crippen LogP contribution in [0.25, 0.3) is 0 Å². The maximum absolute atomic E-state index is 11.8. The van der Waals surface area contributed by atoms with Crippen LogP contribution in [0.5, 0.6) is 0 Å². The Kier molecular flexibility index (Phi) is 4.77. The van der Waals surface area contributed by atoms with Crippen LogP contribution in [0.4, 0.5) is 0 Å². The number of thiophene rings is 1. The quantitative estimate of drug-likeness (QED) is 0.643. The van der Waals surface area contributed by atoms with Gasteiger partial charge in [0.05, 0.1) is 18.0 Å². The van der Waals surface area contributed by atoms with E-state index < -0.39 is 11.8 Å². The first kappa shape index (κ1) is 14.6. The predicted octanol–water partition coefficient (Wildman–Crippen LogP) is 0.283. The Morgan fingerprint density at radius 2 is 2.10 bits per heavy atom. The Labute approximate surface area is 121 Å². The maximum atomic E-state index is 11.8. The Morgan fingerprint density at radius 1 is 1.30 bits per heavy atom. The molecule has 1 aliphatic heterocycles. The number of piperazine rings is 1. The van der Waals surface area contributed by atoms with E-state index in [9.17, 15) is 9.59 Å². The predicted molar refractivity (Wildman–Crippen MR) is 76.0 cm³/mol. The minimum atomic E-state index is -0.448. The van der Waals surface area contributed by atoms with Crippen molar-refractivity contribution >= 4 is 23.2 Å². The number of likely N-dealkylation sites (N-methyl/N-ethyl adjacent to an activating group) is 1. The molecule has 1 aromatic heterocycles. The summed E-state index contributed by atoms with van der Waals surface area (Å²) >= 11 is 1.51. The topological polar surface area (TPSA) is 60.9 Å². The molecule has 2 heterocycles. The molecule has 2 amide bonds. The minimum Gasteiger partial charge on any atom is -0.395 e. The van der Waals surface area contributed by atoms with Crippen molar-refractivity contribution in [2.75, 3.05) is 26.7 Å². The zero-order chi connectivity index (χ0) is 14.5. The van der Waals surface area contributed by atoms with E-state index in [2.05, 4.69) is 11.8 Å². The number of carbonyl (C=O) groups excluding carboxylic acids is 2. The van der Waals surface area contributed by atoms with Crippen molar-refractivity contribution in [3.05, 3.63) is 21.9 Å². The third kappa shape index (κ3) is 3.38. The number of rotatable bonds is 3. The lowest BCUT2D eigenvalue weighted by Gasteiger charge is -2.31. The van der Waals surface area contributed by atoms with Gasteiger partial charge in [-0.25, -0.2) is 0 Å². The zero-order valence-electron chi connectivity index (χ0n) is 11.3. The standard InChI is InChI=1S/C14H16N2O3S/c1-15-7-8-16(14(19)13(15)18)10-12-6-5-11(20-12)4-2-3-9-17/h5-6,17H,3,7-10H2,1H3. The normalized spacial score (nSPS) is 15.3. The molecule has 0 aromatic carbocycles. The number of amides is 2. The van der Waals surface area contributed by atoms with Crippen LogP contribution >= 0.6 is 11.3 Å². The summed E-state index contributed by atoms with van der Waals surface area (Å²) in [7, 11) is 1.64. The van der Waals surface area contributed by atoms with Gasteiger partial charge in [-0.05, 0) is 12.1 Å². The molecule has 0 spiro atoms. The molecule has 1 aliphatic rings. The van der Waals surface area contributed by atoms with E-state index in [1.807, 2.05) is 12.1 Å². The Hall–Kier alpha value is -1.84. The zero-order valence-corrected chi connectivity index (χ0v) is 12.1. The molecule has 1 aromatic rings. The highest BCUT2D eigenvalue weighted by Gasteiger charge is 2.30. The van der Waals surface area contributed by atoms with Crippen molar-refractivity contribution in [2.24, 2.45) is 0 Å². The summed E-state index contributed by atoms with van der Waals surface area (Å²) in [6.45, 7) is 1.64. The third-order valence-corrected chi connectivity index (χ3v) is 3.96. The lowest BCUT2D eigenvalue weighted by Crippen LogP contribution is -2.52. The van der Waals surface area contributed by atoms with Gasteiger partial charge in [0.15, 0.2) is 0 Å². The lowest BCUT2D eigenvalue weighted by molar-refractivity contribution is -0.155. The van der Waals surface area contributed by atoms with Crippen molar-refractivity contribution in [1.82, 2.24) is 9.80 Å². The van der Waals surface area contributed by atoms with E-state index in [-0.39, 0.29) is 6.61 Å². The number of aliphatic hydroxyl groups is 1. The molecule has 1 saturated heterocycles. The Balaban J connectivity index is 1.99. The summed E-state index contributed by atoms with van der Waals surface area (Å²) in [5.74, 6) is 4.93. The van der Waals surface area contributed by atoms with Gasteiger partial charge in [-0.1, -0.05) is 11.8 Å². The highest BCUT2D eigenvalue weighted by atomic mass is 32.1. The average molecular weight is 292 g/mol. The molecule has 1 N–H and O–H groups in total. The SMILES string of the molecule is CN1CCN(Cc2ccc(C#CCCO)s2)C(=O)C1=O. The van der Waals surface area contributed by atoms with Gasteiger partial charge >= 0.3 is 11.8 Å². The number of aliphatic hydroxyl groups excluding tert-OH is 1. The van der Waals surface area contributed by atoms with Crippen LogP contribution in [0.2, 0.25) is 0 Å². The molecular weight excluding hydrogens is 276 g/mol. The van der Waals surface area contributed by atoms with E-state index in [4.69, 9.17) is 5.11 Å². The van der Waals surface area contributed by atoms with Gasteiger partial charge < -0.3 is 14.9 Å². The van der Waals surface area contributed by atoms with Crippen LogP contribution in [-0.4, -0.2) is 53.5 Å². The van der Waals surface area contributed by atoms with Gasteiger partial charge in [-0.3, -0.25) is 9.59 Å². The second kappa shape index (κ2) is 6.55. The molecule has 20 heavy (non-hydrogen) atoms. The number of hydrogen-bond acceptors (Lipinski definition) is 4. The monoisotopic (exact) mass is 292 g/mol. The van der Waals surface area contributed by atoms with E-state index >= 15 is 0 Å². The number of hydrogen-bond donors (Lipinski definition) is 1. The first-order chi connectivity index (χ1) is 9.61. The first-order valence-corrected chi connectivity index (χ1v) is 7.16. The van der Waals surface area contributed by atoms with Gasteiger partial charge in [0.2, 0.25) is 0 Å². The fraction of sp³-hybridized carbons (Fsp3) is 0.429. The summed E-state index contributed by atoms with van der Waals surface area (Å²) in [5, 5.41) is 8.66. The molecule has 0 unspecified atom stereocenters. The van der Waals surface area contributed by atoms with Crippen molar-refractivity contribution in [3.63, 3.8) is 0 Å². The Morgan fingerprint density at radius 3 is 2.85 bits per heavy atom. The van der Waals surface area contributed by atoms with E-state index in [1.165, 1.54) is 16.2 Å². The molecule has 0 atom stereocenters. The second-order valence-electron chi connectivity index (χ2n) is 4.49. The third-order valence-electron chi connectivity index (χ3n) is 2.98. The highest BCUT2D eigenvalue weighted by molar-refractivity contribution is 7.12. The molecule has 6 heteroatoms. The van der Waals surface area contributed by atoms with Gasteiger partial charge in [0.1, 0.15) is 0 Å². The molecule has 2 rings (SSSR count). The maximum Gasteiger partial charge on any atom is 0.312 e. The van der Waals surface area contributed by atoms with Crippen LogP contribution in [0.3, 0.4) is 0 Å². The summed E-state index contributed by atoms with van der Waals surface area (Å²) in [5.41, 5.74) is 0. The molecule has 0 aliphatic carbocycles. The molecule has 0 bridgehead atoms. The molecule has 5 nitrogen and oxygen atoms in total. The summed E-state index contributed by atoms with van der Waals surface area (Å²) in [6, 6.07) is 3.82. The Bertz CT molecular complexity index is 570. The average Bonchev–Trinajstić information content (AvgIpc) is 2.88. The van der Waals surface area contributed by atoms with Crippen LogP contribution in [0.15, 0.2) is 12.1 Å². The minimum absolute atomic E-state index is 0.0587. The molecular formula is C14H16N2O3S. The van der Waals surface area contributed by atoms with E-state index in [0.29, 0.717) is 26.1 Å². The lowest BCUT2D eigenvalue weighted by atomic mass is 10.3. The smallest absolute Gasteiger partial charge is 0.312 e. The number of carbonyl (C=O) groups is 2. The van der Waals surface area contributed by atoms with Gasteiger partial charge in [0.25, 0.3) is 0 Å². The summed E-state index contributed by atoms with van der Waals surface area (Å²) < 4.78 is 0. The summed E-state index contributed by atoms with van der Waals surface area (Å²) in [6.07, 6.45) is 0.457. The highest BCUT2D eigenvalue weighted by Crippen LogP contribution is 2.18. The first-order valence-electron chi connectivity index (χ1n) is 6.34. The van der Waals surface area contributed by atoms with Crippen LogP contribution < -0.4 is 0 Å². The van der Waals surface area contributed by atoms with Crippen molar-refractivity contribution in [2.45, 2.75) is 13.0 Å². The van der Waals surface area contributed by atoms with Crippen LogP contribution in [0.1, 0.15) is 16.2 Å². The van der Waals surface area contributed by atoms with Crippen LogP contribution in [-0.2, 0) is 16.1 Å². The fourth-order valence-corrected chi connectivity index (χ4v) is 2.75. The summed E-state index contributed by atoms with van der Waals surface area (Å²) in [4.78, 5) is 28.4. The number of nitrogens with zero attached hydrogens (tertiary/aromatic N) is 2. The van der Waals surface area contributed by atoms with Gasteiger partial charge in [-0.15, -0.1) is 11.3 Å². The van der Waals surface area contributed by atoms with Crippen molar-refractivity contribution < 1.29 is 14.7 Å². The van der Waals surface area contributed by atoms with Gasteiger partial charge in [0, 0.05) is 31.4 Å². The van der Waals surface area contributed by atoms with Crippen molar-refractivity contribution in [3.8, 4) is 11.8 Å². The molecule has 1 fully saturated rings.